The Kier molecular flexibility index (Phi) is 4.51. The fraction of sp³-hybridized carbons (Fsp3) is 0.647. The van der Waals surface area contributed by atoms with E-state index in [4.69, 9.17) is 4.74 Å². The Morgan fingerprint density at radius 1 is 1.26 bits per heavy atom. The molecule has 0 amide bonds. The Hall–Kier alpha value is -1.02. The molecule has 0 spiro atoms. The third-order valence-electron chi connectivity index (χ3n) is 4.42. The van der Waals surface area contributed by atoms with Crippen LogP contribution in [-0.4, -0.2) is 13.2 Å². The van der Waals surface area contributed by atoms with Crippen molar-refractivity contribution in [2.75, 3.05) is 7.11 Å². The van der Waals surface area contributed by atoms with E-state index in [1.165, 1.54) is 31.2 Å². The van der Waals surface area contributed by atoms with Crippen LogP contribution in [0.2, 0.25) is 0 Å². The van der Waals surface area contributed by atoms with Crippen molar-refractivity contribution >= 4 is 0 Å². The third-order valence-corrected chi connectivity index (χ3v) is 4.42. The van der Waals surface area contributed by atoms with E-state index in [2.05, 4.69) is 44.3 Å². The molecule has 1 aliphatic carbocycles. The number of nitrogens with one attached hydrogen (secondary N) is 1. The van der Waals surface area contributed by atoms with Crippen LogP contribution in [0.1, 0.15) is 58.1 Å². The first-order valence-corrected chi connectivity index (χ1v) is 7.40. The van der Waals surface area contributed by atoms with Gasteiger partial charge in [0.2, 0.25) is 0 Å². The average Bonchev–Trinajstić information content (AvgIpc) is 2.41. The number of benzene rings is 1. The number of methoxy groups -OCH3 is 1. The van der Waals surface area contributed by atoms with Gasteiger partial charge in [0.1, 0.15) is 5.75 Å². The van der Waals surface area contributed by atoms with Gasteiger partial charge in [-0.25, -0.2) is 0 Å². The maximum atomic E-state index is 5.29. The van der Waals surface area contributed by atoms with Crippen LogP contribution in [0.4, 0.5) is 0 Å². The van der Waals surface area contributed by atoms with Gasteiger partial charge in [0.25, 0.3) is 0 Å². The minimum absolute atomic E-state index is 0.390. The van der Waals surface area contributed by atoms with E-state index in [0.717, 1.165) is 5.75 Å². The van der Waals surface area contributed by atoms with Gasteiger partial charge in [0.05, 0.1) is 7.11 Å². The Balaban J connectivity index is 1.92. The van der Waals surface area contributed by atoms with Gasteiger partial charge in [0.15, 0.2) is 0 Å². The third kappa shape index (κ3) is 3.97. The second-order valence-electron chi connectivity index (χ2n) is 6.60. The van der Waals surface area contributed by atoms with Crippen molar-refractivity contribution in [3.63, 3.8) is 0 Å². The minimum atomic E-state index is 0.390. The summed E-state index contributed by atoms with van der Waals surface area (Å²) in [6, 6.07) is 9.42. The number of hydrogen-bond acceptors (Lipinski definition) is 2. The van der Waals surface area contributed by atoms with Crippen LogP contribution in [0.3, 0.4) is 0 Å². The summed E-state index contributed by atoms with van der Waals surface area (Å²) in [6.07, 6.45) is 5.24. The summed E-state index contributed by atoms with van der Waals surface area (Å²) in [7, 11) is 1.72. The first kappa shape index (κ1) is 14.4. The molecule has 0 saturated heterocycles. The largest absolute Gasteiger partial charge is 0.497 e. The quantitative estimate of drug-likeness (QED) is 0.871. The number of rotatable bonds is 4. The lowest BCUT2D eigenvalue weighted by molar-refractivity contribution is 0.200. The second kappa shape index (κ2) is 5.96. The standard InChI is InChI=1S/C17H27NO/c1-13(14-6-5-7-16(12-14)19-4)18-15-8-10-17(2,3)11-9-15/h5-7,12-13,15,18H,8-11H2,1-4H3. The van der Waals surface area contributed by atoms with Gasteiger partial charge in [-0.05, 0) is 55.7 Å². The summed E-state index contributed by atoms with van der Waals surface area (Å²) in [5.41, 5.74) is 1.85. The monoisotopic (exact) mass is 261 g/mol. The molecule has 1 aromatic rings. The second-order valence-corrected chi connectivity index (χ2v) is 6.60. The maximum absolute atomic E-state index is 5.29. The molecule has 1 aromatic carbocycles. The van der Waals surface area contributed by atoms with Crippen LogP contribution >= 0.6 is 0 Å². The van der Waals surface area contributed by atoms with Crippen molar-refractivity contribution in [3.8, 4) is 5.75 Å². The Bertz CT molecular complexity index is 403. The van der Waals surface area contributed by atoms with Gasteiger partial charge < -0.3 is 10.1 Å². The zero-order valence-corrected chi connectivity index (χ0v) is 12.7. The summed E-state index contributed by atoms with van der Waals surface area (Å²) in [4.78, 5) is 0. The summed E-state index contributed by atoms with van der Waals surface area (Å²) >= 11 is 0. The van der Waals surface area contributed by atoms with Gasteiger partial charge >= 0.3 is 0 Å². The highest BCUT2D eigenvalue weighted by Gasteiger charge is 2.27. The molecule has 1 saturated carbocycles. The number of hydrogen-bond donors (Lipinski definition) is 1. The fourth-order valence-corrected chi connectivity index (χ4v) is 2.93. The Morgan fingerprint density at radius 3 is 2.58 bits per heavy atom. The number of ether oxygens (including phenoxy) is 1. The van der Waals surface area contributed by atoms with E-state index in [0.29, 0.717) is 17.5 Å². The predicted octanol–water partition coefficient (Wildman–Crippen LogP) is 4.31. The van der Waals surface area contributed by atoms with Crippen LogP contribution in [0.25, 0.3) is 0 Å². The molecule has 1 N–H and O–H groups in total. The summed E-state index contributed by atoms with van der Waals surface area (Å²) in [6.45, 7) is 7.01. The molecule has 2 nitrogen and oxygen atoms in total. The van der Waals surface area contributed by atoms with Gasteiger partial charge in [-0.3, -0.25) is 0 Å². The lowest BCUT2D eigenvalue weighted by Gasteiger charge is -2.36. The molecular weight excluding hydrogens is 234 g/mol. The molecular formula is C17H27NO. The normalized spacial score (nSPS) is 21.1. The van der Waals surface area contributed by atoms with Crippen molar-refractivity contribution in [3.05, 3.63) is 29.8 Å². The van der Waals surface area contributed by atoms with Gasteiger partial charge in [0, 0.05) is 12.1 Å². The Labute approximate surface area is 117 Å². The Morgan fingerprint density at radius 2 is 1.95 bits per heavy atom. The summed E-state index contributed by atoms with van der Waals surface area (Å²) in [5, 5.41) is 3.77. The minimum Gasteiger partial charge on any atom is -0.497 e. The zero-order chi connectivity index (χ0) is 13.9. The van der Waals surface area contributed by atoms with E-state index < -0.39 is 0 Å². The average molecular weight is 261 g/mol. The van der Waals surface area contributed by atoms with Gasteiger partial charge in [-0.15, -0.1) is 0 Å². The van der Waals surface area contributed by atoms with Crippen molar-refractivity contribution in [2.45, 2.75) is 58.5 Å². The summed E-state index contributed by atoms with van der Waals surface area (Å²) in [5.74, 6) is 0.941. The zero-order valence-electron chi connectivity index (χ0n) is 12.7. The van der Waals surface area contributed by atoms with Gasteiger partial charge in [-0.1, -0.05) is 26.0 Å². The lowest BCUT2D eigenvalue weighted by Crippen LogP contribution is -2.37. The molecule has 0 bridgehead atoms. The topological polar surface area (TPSA) is 21.3 Å². The molecule has 0 radical (unpaired) electrons. The van der Waals surface area contributed by atoms with Crippen LogP contribution in [-0.2, 0) is 0 Å². The molecule has 1 fully saturated rings. The van der Waals surface area contributed by atoms with E-state index in [-0.39, 0.29) is 0 Å². The van der Waals surface area contributed by atoms with Crippen LogP contribution in [0, 0.1) is 5.41 Å². The maximum Gasteiger partial charge on any atom is 0.119 e. The lowest BCUT2D eigenvalue weighted by atomic mass is 9.75. The molecule has 1 aliphatic rings. The van der Waals surface area contributed by atoms with E-state index in [9.17, 15) is 0 Å². The molecule has 19 heavy (non-hydrogen) atoms. The first-order valence-electron chi connectivity index (χ1n) is 7.40. The molecule has 0 heterocycles. The molecule has 106 valence electrons. The molecule has 0 aromatic heterocycles. The molecule has 0 aliphatic heterocycles. The van der Waals surface area contributed by atoms with Crippen molar-refractivity contribution in [2.24, 2.45) is 5.41 Å². The van der Waals surface area contributed by atoms with Crippen LogP contribution < -0.4 is 10.1 Å². The summed E-state index contributed by atoms with van der Waals surface area (Å²) < 4.78 is 5.29. The molecule has 2 heteroatoms. The molecule has 1 atom stereocenters. The molecule has 2 rings (SSSR count). The van der Waals surface area contributed by atoms with E-state index in [1.54, 1.807) is 7.11 Å². The SMILES string of the molecule is COc1cccc(C(C)NC2CCC(C)(C)CC2)c1. The smallest absolute Gasteiger partial charge is 0.119 e. The van der Waals surface area contributed by atoms with E-state index in [1.807, 2.05) is 6.07 Å². The highest BCUT2D eigenvalue weighted by atomic mass is 16.5. The van der Waals surface area contributed by atoms with Gasteiger partial charge in [-0.2, -0.15) is 0 Å². The van der Waals surface area contributed by atoms with Crippen molar-refractivity contribution < 1.29 is 4.74 Å². The highest BCUT2D eigenvalue weighted by Crippen LogP contribution is 2.35. The van der Waals surface area contributed by atoms with Crippen LogP contribution in [0.5, 0.6) is 5.75 Å². The van der Waals surface area contributed by atoms with E-state index >= 15 is 0 Å². The molecule has 1 unspecified atom stereocenters. The first-order chi connectivity index (χ1) is 9.00. The van der Waals surface area contributed by atoms with Crippen molar-refractivity contribution in [1.82, 2.24) is 5.32 Å². The highest BCUT2D eigenvalue weighted by molar-refractivity contribution is 5.30. The fourth-order valence-electron chi connectivity index (χ4n) is 2.93. The van der Waals surface area contributed by atoms with Crippen LogP contribution in [0.15, 0.2) is 24.3 Å². The predicted molar refractivity (Wildman–Crippen MR) is 80.6 cm³/mol. The van der Waals surface area contributed by atoms with Crippen molar-refractivity contribution in [1.29, 1.82) is 0 Å².